The van der Waals surface area contributed by atoms with Gasteiger partial charge in [-0.3, -0.25) is 4.79 Å². The molecule has 1 aromatic carbocycles. The fourth-order valence-corrected chi connectivity index (χ4v) is 2.54. The second kappa shape index (κ2) is 7.24. The van der Waals surface area contributed by atoms with Gasteiger partial charge in [0.05, 0.1) is 12.5 Å². The summed E-state index contributed by atoms with van der Waals surface area (Å²) in [5.74, 6) is -0.888. The number of anilines is 1. The first-order valence-electron chi connectivity index (χ1n) is 7.50. The van der Waals surface area contributed by atoms with E-state index in [1.807, 2.05) is 0 Å². The summed E-state index contributed by atoms with van der Waals surface area (Å²) in [6, 6.07) is 4.28. The van der Waals surface area contributed by atoms with Crippen LogP contribution in [0, 0.1) is 18.7 Å². The summed E-state index contributed by atoms with van der Waals surface area (Å²) in [5.41, 5.74) is 1.27. The molecule has 2 amide bonds. The van der Waals surface area contributed by atoms with E-state index in [4.69, 9.17) is 4.74 Å². The van der Waals surface area contributed by atoms with E-state index in [-0.39, 0.29) is 17.9 Å². The maximum Gasteiger partial charge on any atom is 0.409 e. The zero-order valence-corrected chi connectivity index (χ0v) is 12.9. The molecule has 120 valence electrons. The molecule has 1 fully saturated rings. The van der Waals surface area contributed by atoms with E-state index in [2.05, 4.69) is 5.32 Å². The van der Waals surface area contributed by atoms with Gasteiger partial charge in [0, 0.05) is 18.8 Å². The number of ether oxygens (including phenoxy) is 1. The van der Waals surface area contributed by atoms with Crippen molar-refractivity contribution >= 4 is 17.7 Å². The average molecular weight is 308 g/mol. The maximum atomic E-state index is 13.3. The summed E-state index contributed by atoms with van der Waals surface area (Å²) in [6.45, 7) is 4.80. The highest BCUT2D eigenvalue weighted by atomic mass is 19.1. The largest absolute Gasteiger partial charge is 0.450 e. The van der Waals surface area contributed by atoms with Crippen LogP contribution >= 0.6 is 0 Å². The molecule has 1 aliphatic heterocycles. The van der Waals surface area contributed by atoms with Gasteiger partial charge in [-0.25, -0.2) is 9.18 Å². The Kier molecular flexibility index (Phi) is 5.35. The molecule has 1 aliphatic rings. The van der Waals surface area contributed by atoms with Crippen LogP contribution in [0.5, 0.6) is 0 Å². The van der Waals surface area contributed by atoms with E-state index in [0.29, 0.717) is 31.8 Å². The van der Waals surface area contributed by atoms with Crippen molar-refractivity contribution in [2.45, 2.75) is 26.7 Å². The van der Waals surface area contributed by atoms with Crippen LogP contribution in [-0.4, -0.2) is 36.6 Å². The number of hydrogen-bond acceptors (Lipinski definition) is 3. The molecule has 0 spiro atoms. The Morgan fingerprint density at radius 3 is 2.95 bits per heavy atom. The summed E-state index contributed by atoms with van der Waals surface area (Å²) < 4.78 is 18.2. The number of carbonyl (C=O) groups is 2. The first-order valence-corrected chi connectivity index (χ1v) is 7.50. The average Bonchev–Trinajstić information content (AvgIpc) is 2.51. The number of likely N-dealkylation sites (tertiary alicyclic amines) is 1. The van der Waals surface area contributed by atoms with Gasteiger partial charge in [0.2, 0.25) is 5.91 Å². The predicted molar refractivity (Wildman–Crippen MR) is 81.1 cm³/mol. The second-order valence-corrected chi connectivity index (χ2v) is 5.43. The highest BCUT2D eigenvalue weighted by Crippen LogP contribution is 2.21. The van der Waals surface area contributed by atoms with Crippen molar-refractivity contribution in [3.8, 4) is 0 Å². The fraction of sp³-hybridized carbons (Fsp3) is 0.500. The summed E-state index contributed by atoms with van der Waals surface area (Å²) in [7, 11) is 0. The zero-order valence-electron chi connectivity index (χ0n) is 12.9. The van der Waals surface area contributed by atoms with E-state index < -0.39 is 5.82 Å². The van der Waals surface area contributed by atoms with Crippen molar-refractivity contribution < 1.29 is 18.7 Å². The molecule has 6 heteroatoms. The van der Waals surface area contributed by atoms with Gasteiger partial charge in [-0.05, 0) is 44.4 Å². The number of halogens is 1. The third kappa shape index (κ3) is 3.96. The van der Waals surface area contributed by atoms with Crippen molar-refractivity contribution in [1.29, 1.82) is 0 Å². The monoisotopic (exact) mass is 308 g/mol. The molecule has 1 saturated heterocycles. The van der Waals surface area contributed by atoms with Crippen LogP contribution in [0.3, 0.4) is 0 Å². The van der Waals surface area contributed by atoms with Gasteiger partial charge in [0.1, 0.15) is 5.82 Å². The number of amides is 2. The van der Waals surface area contributed by atoms with Crippen LogP contribution in [-0.2, 0) is 9.53 Å². The van der Waals surface area contributed by atoms with Crippen LogP contribution in [0.1, 0.15) is 25.3 Å². The molecule has 0 aromatic heterocycles. The van der Waals surface area contributed by atoms with E-state index in [1.165, 1.54) is 12.1 Å². The number of carbonyl (C=O) groups excluding carboxylic acids is 2. The van der Waals surface area contributed by atoms with Crippen LogP contribution in [0.25, 0.3) is 0 Å². The van der Waals surface area contributed by atoms with Crippen LogP contribution in [0.2, 0.25) is 0 Å². The van der Waals surface area contributed by atoms with Gasteiger partial charge in [-0.15, -0.1) is 0 Å². The molecule has 0 saturated carbocycles. The Balaban J connectivity index is 2.00. The molecule has 0 aliphatic carbocycles. The smallest absolute Gasteiger partial charge is 0.409 e. The van der Waals surface area contributed by atoms with E-state index in [9.17, 15) is 14.0 Å². The fourth-order valence-electron chi connectivity index (χ4n) is 2.54. The lowest BCUT2D eigenvalue weighted by molar-refractivity contribution is -0.121. The number of hydrogen-bond donors (Lipinski definition) is 1. The zero-order chi connectivity index (χ0) is 16.1. The third-order valence-electron chi connectivity index (χ3n) is 3.78. The number of piperidine rings is 1. The molecule has 1 heterocycles. The van der Waals surface area contributed by atoms with Crippen LogP contribution in [0.4, 0.5) is 14.9 Å². The molecule has 22 heavy (non-hydrogen) atoms. The Morgan fingerprint density at radius 1 is 1.45 bits per heavy atom. The summed E-state index contributed by atoms with van der Waals surface area (Å²) in [6.07, 6.45) is 1.07. The number of aryl methyl sites for hydroxylation is 1. The van der Waals surface area contributed by atoms with Gasteiger partial charge >= 0.3 is 6.09 Å². The van der Waals surface area contributed by atoms with E-state index >= 15 is 0 Å². The SMILES string of the molecule is CCOC(=O)N1CCCC(C(=O)Nc2cc(F)ccc2C)C1. The number of rotatable bonds is 3. The van der Waals surface area contributed by atoms with Crippen molar-refractivity contribution in [2.24, 2.45) is 5.92 Å². The standard InChI is InChI=1S/C16H21FN2O3/c1-3-22-16(21)19-8-4-5-12(10-19)15(20)18-14-9-13(17)7-6-11(14)2/h6-7,9,12H,3-5,8,10H2,1-2H3,(H,18,20). The molecule has 1 unspecified atom stereocenters. The van der Waals surface area contributed by atoms with Gasteiger partial charge < -0.3 is 15.0 Å². The number of benzene rings is 1. The molecule has 2 rings (SSSR count). The molecule has 0 radical (unpaired) electrons. The van der Waals surface area contributed by atoms with Gasteiger partial charge in [0.15, 0.2) is 0 Å². The Morgan fingerprint density at radius 2 is 2.23 bits per heavy atom. The lowest BCUT2D eigenvalue weighted by Gasteiger charge is -2.31. The van der Waals surface area contributed by atoms with Crippen molar-refractivity contribution in [2.75, 3.05) is 25.0 Å². The van der Waals surface area contributed by atoms with Gasteiger partial charge in [-0.1, -0.05) is 6.07 Å². The first kappa shape index (κ1) is 16.3. The predicted octanol–water partition coefficient (Wildman–Crippen LogP) is 2.94. The number of nitrogens with zero attached hydrogens (tertiary/aromatic N) is 1. The molecule has 1 atom stereocenters. The Labute approximate surface area is 129 Å². The lowest BCUT2D eigenvalue weighted by atomic mass is 9.97. The van der Waals surface area contributed by atoms with Crippen LogP contribution < -0.4 is 5.32 Å². The topological polar surface area (TPSA) is 58.6 Å². The second-order valence-electron chi connectivity index (χ2n) is 5.43. The van der Waals surface area contributed by atoms with Gasteiger partial charge in [-0.2, -0.15) is 0 Å². The molecule has 1 aromatic rings. The molecular weight excluding hydrogens is 287 g/mol. The highest BCUT2D eigenvalue weighted by molar-refractivity contribution is 5.93. The maximum absolute atomic E-state index is 13.3. The molecule has 5 nitrogen and oxygen atoms in total. The van der Waals surface area contributed by atoms with Crippen LogP contribution in [0.15, 0.2) is 18.2 Å². The molecule has 0 bridgehead atoms. The highest BCUT2D eigenvalue weighted by Gasteiger charge is 2.29. The van der Waals surface area contributed by atoms with Crippen molar-refractivity contribution in [3.63, 3.8) is 0 Å². The van der Waals surface area contributed by atoms with E-state index in [0.717, 1.165) is 12.0 Å². The lowest BCUT2D eigenvalue weighted by Crippen LogP contribution is -2.44. The summed E-state index contributed by atoms with van der Waals surface area (Å²) >= 11 is 0. The molecule has 1 N–H and O–H groups in total. The van der Waals surface area contributed by atoms with E-state index in [1.54, 1.807) is 24.8 Å². The normalized spacial score (nSPS) is 18.0. The van der Waals surface area contributed by atoms with Gasteiger partial charge in [0.25, 0.3) is 0 Å². The number of nitrogens with one attached hydrogen (secondary N) is 1. The third-order valence-corrected chi connectivity index (χ3v) is 3.78. The quantitative estimate of drug-likeness (QED) is 0.934. The minimum absolute atomic E-state index is 0.192. The minimum atomic E-state index is -0.391. The molecular formula is C16H21FN2O3. The summed E-state index contributed by atoms with van der Waals surface area (Å²) in [5, 5.41) is 2.75. The van der Waals surface area contributed by atoms with Crippen molar-refractivity contribution in [1.82, 2.24) is 4.90 Å². The Hall–Kier alpha value is -2.11. The first-order chi connectivity index (χ1) is 10.5. The van der Waals surface area contributed by atoms with Crippen molar-refractivity contribution in [3.05, 3.63) is 29.6 Å². The Bertz CT molecular complexity index is 562. The summed E-state index contributed by atoms with van der Waals surface area (Å²) in [4.78, 5) is 25.6. The minimum Gasteiger partial charge on any atom is -0.450 e.